The average Bonchev–Trinajstić information content (AvgIpc) is 2.32. The van der Waals surface area contributed by atoms with Crippen LogP contribution in [0.3, 0.4) is 0 Å². The van der Waals surface area contributed by atoms with E-state index in [-0.39, 0.29) is 12.5 Å². The summed E-state index contributed by atoms with van der Waals surface area (Å²) in [4.78, 5) is 11.1. The van der Waals surface area contributed by atoms with E-state index in [1.165, 1.54) is 4.68 Å². The van der Waals surface area contributed by atoms with Crippen LogP contribution < -0.4 is 11.5 Å². The summed E-state index contributed by atoms with van der Waals surface area (Å²) in [6, 6.07) is 0. The molecule has 0 aromatic carbocycles. The molecule has 0 aliphatic rings. The van der Waals surface area contributed by atoms with Gasteiger partial charge in [0.1, 0.15) is 0 Å². The van der Waals surface area contributed by atoms with Crippen molar-refractivity contribution < 1.29 is 4.79 Å². The molecule has 1 aromatic rings. The molecule has 0 fully saturated rings. The summed E-state index contributed by atoms with van der Waals surface area (Å²) in [5.41, 5.74) is 12.7. The van der Waals surface area contributed by atoms with Crippen molar-refractivity contribution in [3.8, 4) is 0 Å². The molecule has 0 radical (unpaired) electrons. The average molecular weight is 168 g/mol. The van der Waals surface area contributed by atoms with Gasteiger partial charge in [-0.2, -0.15) is 5.10 Å². The molecule has 1 rings (SSSR count). The zero-order chi connectivity index (χ0) is 9.30. The Hall–Kier alpha value is -1.36. The predicted molar refractivity (Wildman–Crippen MR) is 45.8 cm³/mol. The maximum absolute atomic E-state index is 11.1. The Bertz CT molecular complexity index is 315. The maximum atomic E-state index is 11.1. The van der Waals surface area contributed by atoms with Crippen LogP contribution in [0.5, 0.6) is 0 Å². The third kappa shape index (κ3) is 1.18. The van der Waals surface area contributed by atoms with E-state index in [0.29, 0.717) is 17.1 Å². The smallest absolute Gasteiger partial charge is 0.260 e. The van der Waals surface area contributed by atoms with Crippen molar-refractivity contribution in [3.05, 3.63) is 11.4 Å². The maximum Gasteiger partial charge on any atom is 0.260 e. The Morgan fingerprint density at radius 3 is 2.50 bits per heavy atom. The molecule has 0 saturated carbocycles. The van der Waals surface area contributed by atoms with E-state index in [2.05, 4.69) is 5.10 Å². The van der Waals surface area contributed by atoms with Crippen LogP contribution in [0.2, 0.25) is 0 Å². The molecule has 66 valence electrons. The molecule has 4 N–H and O–H groups in total. The molecule has 5 nitrogen and oxygen atoms in total. The minimum absolute atomic E-state index is 0.0542. The van der Waals surface area contributed by atoms with Gasteiger partial charge in [0.25, 0.3) is 5.91 Å². The quantitative estimate of drug-likeness (QED) is 0.601. The molecule has 0 amide bonds. The first kappa shape index (κ1) is 8.73. The minimum atomic E-state index is -0.243. The van der Waals surface area contributed by atoms with Crippen LogP contribution in [-0.2, 0) is 0 Å². The second-order valence-corrected chi connectivity index (χ2v) is 2.59. The Kier molecular flexibility index (Phi) is 2.14. The van der Waals surface area contributed by atoms with Gasteiger partial charge in [-0.15, -0.1) is 0 Å². The molecule has 1 heterocycles. The summed E-state index contributed by atoms with van der Waals surface area (Å²) < 4.78 is 1.24. The molecule has 1 aromatic heterocycles. The largest absolute Gasteiger partial charge is 0.396 e. The highest BCUT2D eigenvalue weighted by Gasteiger charge is 2.12. The number of nitrogens with two attached hydrogens (primary N) is 2. The molecule has 0 spiro atoms. The monoisotopic (exact) mass is 168 g/mol. The lowest BCUT2D eigenvalue weighted by Gasteiger charge is -1.98. The number of nitrogens with zero attached hydrogens (tertiary/aromatic N) is 2. The first-order chi connectivity index (χ1) is 5.57. The minimum Gasteiger partial charge on any atom is -0.396 e. The van der Waals surface area contributed by atoms with E-state index in [1.54, 1.807) is 13.8 Å². The molecular formula is C7H12N4O. The number of carbonyl (C=O) groups excluding carboxylic acids is 1. The highest BCUT2D eigenvalue weighted by Crippen LogP contribution is 2.13. The van der Waals surface area contributed by atoms with Gasteiger partial charge in [0.2, 0.25) is 0 Å². The van der Waals surface area contributed by atoms with E-state index >= 15 is 0 Å². The molecule has 5 heteroatoms. The summed E-state index contributed by atoms with van der Waals surface area (Å²) in [5, 5.41) is 3.94. The van der Waals surface area contributed by atoms with Crippen molar-refractivity contribution in [3.63, 3.8) is 0 Å². The molecule has 0 aliphatic carbocycles. The standard InChI is InChI=1S/C7H12N4O/c1-4-7(9)5(2)11(10-4)6(12)3-8/h3,8-9H2,1-2H3. The van der Waals surface area contributed by atoms with E-state index < -0.39 is 0 Å². The number of carbonyl (C=O) groups is 1. The second kappa shape index (κ2) is 2.94. The van der Waals surface area contributed by atoms with Crippen LogP contribution in [0.1, 0.15) is 16.2 Å². The third-order valence-electron chi connectivity index (χ3n) is 1.76. The van der Waals surface area contributed by atoms with Gasteiger partial charge in [-0.1, -0.05) is 0 Å². The first-order valence-corrected chi connectivity index (χ1v) is 3.63. The fourth-order valence-electron chi connectivity index (χ4n) is 0.984. The number of anilines is 1. The molecular weight excluding hydrogens is 156 g/mol. The Balaban J connectivity index is 3.17. The van der Waals surface area contributed by atoms with E-state index in [4.69, 9.17) is 11.5 Å². The number of aryl methyl sites for hydroxylation is 1. The number of nitrogen functional groups attached to an aromatic ring is 1. The third-order valence-corrected chi connectivity index (χ3v) is 1.76. The summed E-state index contributed by atoms with van der Waals surface area (Å²) in [5.74, 6) is -0.243. The Morgan fingerprint density at radius 2 is 2.17 bits per heavy atom. The lowest BCUT2D eigenvalue weighted by atomic mass is 10.3. The van der Waals surface area contributed by atoms with E-state index in [1.807, 2.05) is 0 Å². The summed E-state index contributed by atoms with van der Waals surface area (Å²) in [7, 11) is 0. The Labute approximate surface area is 70.3 Å². The first-order valence-electron chi connectivity index (χ1n) is 3.63. The topological polar surface area (TPSA) is 86.9 Å². The van der Waals surface area contributed by atoms with Crippen molar-refractivity contribution in [2.45, 2.75) is 13.8 Å². The molecule has 0 unspecified atom stereocenters. The normalized spacial score (nSPS) is 10.2. The van der Waals surface area contributed by atoms with Gasteiger partial charge in [-0.25, -0.2) is 4.68 Å². The van der Waals surface area contributed by atoms with Gasteiger partial charge >= 0.3 is 0 Å². The zero-order valence-electron chi connectivity index (χ0n) is 7.16. The Morgan fingerprint density at radius 1 is 1.58 bits per heavy atom. The van der Waals surface area contributed by atoms with Crippen molar-refractivity contribution >= 4 is 11.6 Å². The SMILES string of the molecule is Cc1nn(C(=O)CN)c(C)c1N. The van der Waals surface area contributed by atoms with Crippen LogP contribution in [0, 0.1) is 13.8 Å². The molecule has 0 bridgehead atoms. The van der Waals surface area contributed by atoms with Crippen LogP contribution in [-0.4, -0.2) is 22.2 Å². The number of aromatic nitrogens is 2. The van der Waals surface area contributed by atoms with Crippen molar-refractivity contribution in [1.82, 2.24) is 9.78 Å². The lowest BCUT2D eigenvalue weighted by molar-refractivity contribution is 0.0905. The highest BCUT2D eigenvalue weighted by atomic mass is 16.2. The van der Waals surface area contributed by atoms with Gasteiger partial charge in [0.05, 0.1) is 23.6 Å². The summed E-state index contributed by atoms with van der Waals surface area (Å²) in [6.07, 6.45) is 0. The van der Waals surface area contributed by atoms with Gasteiger partial charge < -0.3 is 11.5 Å². The van der Waals surface area contributed by atoms with Gasteiger partial charge in [0.15, 0.2) is 0 Å². The summed E-state index contributed by atoms with van der Waals surface area (Å²) in [6.45, 7) is 3.44. The van der Waals surface area contributed by atoms with E-state index in [0.717, 1.165) is 0 Å². The van der Waals surface area contributed by atoms with Crippen molar-refractivity contribution in [2.75, 3.05) is 12.3 Å². The predicted octanol–water partition coefficient (Wildman–Crippen LogP) is -0.319. The fourth-order valence-corrected chi connectivity index (χ4v) is 0.984. The van der Waals surface area contributed by atoms with Crippen LogP contribution >= 0.6 is 0 Å². The van der Waals surface area contributed by atoms with Crippen molar-refractivity contribution in [2.24, 2.45) is 5.73 Å². The number of hydrogen-bond acceptors (Lipinski definition) is 4. The van der Waals surface area contributed by atoms with Crippen molar-refractivity contribution in [1.29, 1.82) is 0 Å². The number of hydrogen-bond donors (Lipinski definition) is 2. The number of rotatable bonds is 1. The molecule has 0 atom stereocenters. The summed E-state index contributed by atoms with van der Waals surface area (Å²) >= 11 is 0. The van der Waals surface area contributed by atoms with Crippen LogP contribution in [0.4, 0.5) is 5.69 Å². The van der Waals surface area contributed by atoms with E-state index in [9.17, 15) is 4.79 Å². The second-order valence-electron chi connectivity index (χ2n) is 2.59. The molecule has 12 heavy (non-hydrogen) atoms. The lowest BCUT2D eigenvalue weighted by Crippen LogP contribution is -2.23. The van der Waals surface area contributed by atoms with Crippen LogP contribution in [0.25, 0.3) is 0 Å². The zero-order valence-corrected chi connectivity index (χ0v) is 7.16. The van der Waals surface area contributed by atoms with Gasteiger partial charge in [-0.3, -0.25) is 4.79 Å². The van der Waals surface area contributed by atoms with Gasteiger partial charge in [0, 0.05) is 0 Å². The van der Waals surface area contributed by atoms with Gasteiger partial charge in [-0.05, 0) is 13.8 Å². The van der Waals surface area contributed by atoms with Crippen LogP contribution in [0.15, 0.2) is 0 Å². The highest BCUT2D eigenvalue weighted by molar-refractivity contribution is 5.81. The fraction of sp³-hybridized carbons (Fsp3) is 0.429. The molecule has 0 saturated heterocycles. The molecule has 0 aliphatic heterocycles.